The Morgan fingerprint density at radius 1 is 0.971 bits per heavy atom. The number of aromatic nitrogens is 4. The van der Waals surface area contributed by atoms with Gasteiger partial charge in [-0.25, -0.2) is 14.1 Å². The van der Waals surface area contributed by atoms with Gasteiger partial charge in [0.15, 0.2) is 11.5 Å². The van der Waals surface area contributed by atoms with E-state index in [1.807, 2.05) is 52.8 Å². The van der Waals surface area contributed by atoms with Gasteiger partial charge in [0.1, 0.15) is 5.82 Å². The van der Waals surface area contributed by atoms with Crippen molar-refractivity contribution in [2.24, 2.45) is 0 Å². The van der Waals surface area contributed by atoms with Gasteiger partial charge in [-0.3, -0.25) is 4.79 Å². The van der Waals surface area contributed by atoms with Crippen LogP contribution in [0.15, 0.2) is 79.1 Å². The highest BCUT2D eigenvalue weighted by atomic mass is 19.1. The minimum atomic E-state index is -0.295. The lowest BCUT2D eigenvalue weighted by atomic mass is 10.1. The minimum absolute atomic E-state index is 0.178. The molecule has 0 atom stereocenters. The average molecular weight is 454 g/mol. The summed E-state index contributed by atoms with van der Waals surface area (Å²) < 4.78 is 17.0. The van der Waals surface area contributed by atoms with Crippen molar-refractivity contribution < 1.29 is 9.18 Å². The number of fused-ring (bicyclic) bond motifs is 1. The van der Waals surface area contributed by atoms with Crippen LogP contribution >= 0.6 is 0 Å². The molecule has 6 nitrogen and oxygen atoms in total. The fraction of sp³-hybridized carbons (Fsp3) is 0.148. The van der Waals surface area contributed by atoms with Gasteiger partial charge in [0.25, 0.3) is 5.91 Å². The Kier molecular flexibility index (Phi) is 5.67. The fourth-order valence-electron chi connectivity index (χ4n) is 4.08. The Morgan fingerprint density at radius 2 is 1.65 bits per heavy atom. The Labute approximate surface area is 196 Å². The van der Waals surface area contributed by atoms with E-state index in [2.05, 4.69) is 18.3 Å². The molecule has 0 aliphatic heterocycles. The summed E-state index contributed by atoms with van der Waals surface area (Å²) >= 11 is 0. The monoisotopic (exact) mass is 453 g/mol. The van der Waals surface area contributed by atoms with Crippen LogP contribution in [0.25, 0.3) is 16.9 Å². The Balaban J connectivity index is 1.36. The van der Waals surface area contributed by atoms with Gasteiger partial charge in [0.2, 0.25) is 0 Å². The van der Waals surface area contributed by atoms with E-state index in [9.17, 15) is 9.18 Å². The lowest BCUT2D eigenvalue weighted by molar-refractivity contribution is 0.0951. The standard InChI is InChI=1S/C27H24FN5O/c1-18-15-19(2)30-25-24(18)26(32-13-3-4-14-32)31-33(25)17-21-5-9-22(10-6-21)27(34)29-16-20-7-11-23(28)12-8-20/h3-15H,16-17H2,1-2H3,(H,29,34). The molecular weight excluding hydrogens is 429 g/mol. The number of rotatable bonds is 6. The molecule has 2 aromatic carbocycles. The highest BCUT2D eigenvalue weighted by molar-refractivity contribution is 5.94. The van der Waals surface area contributed by atoms with Crippen molar-refractivity contribution in [1.82, 2.24) is 24.6 Å². The molecule has 170 valence electrons. The molecule has 3 aromatic heterocycles. The molecule has 5 rings (SSSR count). The molecule has 1 amide bonds. The normalized spacial score (nSPS) is 11.1. The molecule has 7 heteroatoms. The SMILES string of the molecule is Cc1cc(C)c2c(-n3cccc3)nn(Cc3ccc(C(=O)NCc4ccc(F)cc4)cc3)c2n1. The van der Waals surface area contributed by atoms with Gasteiger partial charge in [0.05, 0.1) is 11.9 Å². The number of nitrogens with one attached hydrogen (secondary N) is 1. The van der Waals surface area contributed by atoms with Crippen molar-refractivity contribution >= 4 is 16.9 Å². The van der Waals surface area contributed by atoms with E-state index in [4.69, 9.17) is 10.1 Å². The fourth-order valence-corrected chi connectivity index (χ4v) is 4.08. The Bertz CT molecular complexity index is 1450. The molecule has 0 saturated carbocycles. The van der Waals surface area contributed by atoms with Crippen LogP contribution in [-0.2, 0) is 13.1 Å². The summed E-state index contributed by atoms with van der Waals surface area (Å²) in [5.41, 5.74) is 5.33. The quantitative estimate of drug-likeness (QED) is 0.395. The van der Waals surface area contributed by atoms with E-state index >= 15 is 0 Å². The van der Waals surface area contributed by atoms with Gasteiger partial charge >= 0.3 is 0 Å². The van der Waals surface area contributed by atoms with E-state index in [1.165, 1.54) is 12.1 Å². The highest BCUT2D eigenvalue weighted by Gasteiger charge is 2.16. The molecule has 0 unspecified atom stereocenters. The number of benzene rings is 2. The van der Waals surface area contributed by atoms with E-state index in [0.717, 1.165) is 39.2 Å². The maximum absolute atomic E-state index is 13.0. The molecule has 0 aliphatic carbocycles. The summed E-state index contributed by atoms with van der Waals surface area (Å²) in [5.74, 6) is 0.377. The Morgan fingerprint density at radius 3 is 2.35 bits per heavy atom. The number of amides is 1. The van der Waals surface area contributed by atoms with Crippen LogP contribution in [0.4, 0.5) is 4.39 Å². The van der Waals surface area contributed by atoms with E-state index < -0.39 is 0 Å². The van der Waals surface area contributed by atoms with Crippen LogP contribution in [0, 0.1) is 19.7 Å². The first kappa shape index (κ1) is 21.6. The first-order chi connectivity index (χ1) is 16.5. The van der Waals surface area contributed by atoms with Gasteiger partial charge in [-0.2, -0.15) is 5.10 Å². The topological polar surface area (TPSA) is 64.7 Å². The molecule has 0 radical (unpaired) electrons. The summed E-state index contributed by atoms with van der Waals surface area (Å²) in [6, 6.07) is 19.6. The number of halogens is 1. The highest BCUT2D eigenvalue weighted by Crippen LogP contribution is 2.25. The first-order valence-electron chi connectivity index (χ1n) is 11.1. The second kappa shape index (κ2) is 8.94. The number of carbonyl (C=O) groups excluding carboxylic acids is 1. The molecule has 0 saturated heterocycles. The summed E-state index contributed by atoms with van der Waals surface area (Å²) in [6.07, 6.45) is 3.95. The maximum atomic E-state index is 13.0. The molecule has 0 fully saturated rings. The van der Waals surface area contributed by atoms with E-state index in [1.54, 1.807) is 24.3 Å². The average Bonchev–Trinajstić information content (AvgIpc) is 3.48. The number of nitrogens with zero attached hydrogens (tertiary/aromatic N) is 4. The molecule has 3 heterocycles. The second-order valence-corrected chi connectivity index (χ2v) is 8.36. The van der Waals surface area contributed by atoms with E-state index in [-0.39, 0.29) is 11.7 Å². The molecule has 34 heavy (non-hydrogen) atoms. The van der Waals surface area contributed by atoms with Crippen LogP contribution in [-0.4, -0.2) is 25.2 Å². The molecule has 5 aromatic rings. The van der Waals surface area contributed by atoms with Crippen LogP contribution < -0.4 is 5.32 Å². The third-order valence-electron chi connectivity index (χ3n) is 5.77. The zero-order valence-corrected chi connectivity index (χ0v) is 19.0. The van der Waals surface area contributed by atoms with Crippen molar-refractivity contribution in [1.29, 1.82) is 0 Å². The number of hydrogen-bond donors (Lipinski definition) is 1. The van der Waals surface area contributed by atoms with Crippen molar-refractivity contribution in [2.75, 3.05) is 0 Å². The second-order valence-electron chi connectivity index (χ2n) is 8.36. The number of aryl methyl sites for hydroxylation is 2. The van der Waals surface area contributed by atoms with Crippen LogP contribution in [0.1, 0.15) is 32.7 Å². The number of hydrogen-bond acceptors (Lipinski definition) is 3. The van der Waals surface area contributed by atoms with Crippen molar-refractivity contribution in [2.45, 2.75) is 26.9 Å². The summed E-state index contributed by atoms with van der Waals surface area (Å²) in [6.45, 7) is 4.94. The summed E-state index contributed by atoms with van der Waals surface area (Å²) in [4.78, 5) is 17.3. The van der Waals surface area contributed by atoms with Gasteiger partial charge in [-0.1, -0.05) is 24.3 Å². The molecule has 0 aliphatic rings. The largest absolute Gasteiger partial charge is 0.348 e. The first-order valence-corrected chi connectivity index (χ1v) is 11.1. The predicted molar refractivity (Wildman–Crippen MR) is 129 cm³/mol. The molecule has 0 spiro atoms. The summed E-state index contributed by atoms with van der Waals surface area (Å²) in [5, 5.41) is 8.76. The molecular formula is C27H24FN5O. The zero-order valence-electron chi connectivity index (χ0n) is 19.0. The molecule has 0 bridgehead atoms. The number of carbonyl (C=O) groups is 1. The van der Waals surface area contributed by atoms with Gasteiger partial charge in [-0.15, -0.1) is 0 Å². The molecule has 1 N–H and O–H groups in total. The predicted octanol–water partition coefficient (Wildman–Crippen LogP) is 4.96. The Hall–Kier alpha value is -4.26. The van der Waals surface area contributed by atoms with Crippen LogP contribution in [0.5, 0.6) is 0 Å². The van der Waals surface area contributed by atoms with Crippen molar-refractivity contribution in [3.63, 3.8) is 0 Å². The van der Waals surface area contributed by atoms with Crippen molar-refractivity contribution in [3.8, 4) is 5.82 Å². The van der Waals surface area contributed by atoms with E-state index in [0.29, 0.717) is 18.7 Å². The number of pyridine rings is 1. The zero-order chi connectivity index (χ0) is 23.7. The lowest BCUT2D eigenvalue weighted by Gasteiger charge is -2.08. The van der Waals surface area contributed by atoms with Gasteiger partial charge in [-0.05, 0) is 73.0 Å². The third-order valence-corrected chi connectivity index (χ3v) is 5.77. The van der Waals surface area contributed by atoms with Crippen LogP contribution in [0.3, 0.4) is 0 Å². The minimum Gasteiger partial charge on any atom is -0.348 e. The van der Waals surface area contributed by atoms with Gasteiger partial charge < -0.3 is 9.88 Å². The smallest absolute Gasteiger partial charge is 0.251 e. The lowest BCUT2D eigenvalue weighted by Crippen LogP contribution is -2.22. The maximum Gasteiger partial charge on any atom is 0.251 e. The van der Waals surface area contributed by atoms with Crippen LogP contribution in [0.2, 0.25) is 0 Å². The van der Waals surface area contributed by atoms with Crippen molar-refractivity contribution in [3.05, 3.63) is 113 Å². The summed E-state index contributed by atoms with van der Waals surface area (Å²) in [7, 11) is 0. The third kappa shape index (κ3) is 4.32. The van der Waals surface area contributed by atoms with Gasteiger partial charge in [0, 0.05) is 30.2 Å².